The Bertz CT molecular complexity index is 568. The largest absolute Gasteiger partial charge is 0.361 e. The minimum atomic E-state index is 0.505. The highest BCUT2D eigenvalue weighted by Gasteiger charge is 2.25. The van der Waals surface area contributed by atoms with Crippen LogP contribution in [0, 0.1) is 5.92 Å². The van der Waals surface area contributed by atoms with E-state index in [4.69, 9.17) is 4.52 Å². The van der Waals surface area contributed by atoms with Crippen molar-refractivity contribution in [3.8, 4) is 0 Å². The van der Waals surface area contributed by atoms with Crippen LogP contribution in [-0.4, -0.2) is 73.8 Å². The van der Waals surface area contributed by atoms with Crippen molar-refractivity contribution in [3.05, 3.63) is 17.0 Å². The van der Waals surface area contributed by atoms with E-state index in [9.17, 15) is 0 Å². The molecule has 1 saturated heterocycles. The summed E-state index contributed by atoms with van der Waals surface area (Å²) >= 11 is 0. The summed E-state index contributed by atoms with van der Waals surface area (Å²) in [6.45, 7) is 14.9. The fourth-order valence-electron chi connectivity index (χ4n) is 3.67. The molecule has 0 amide bonds. The molecule has 0 radical (unpaired) electrons. The van der Waals surface area contributed by atoms with E-state index in [0.717, 1.165) is 63.0 Å². The molecule has 7 heteroatoms. The molecule has 0 spiro atoms. The predicted molar refractivity (Wildman–Crippen MR) is 111 cm³/mol. The van der Waals surface area contributed by atoms with Crippen molar-refractivity contribution in [1.29, 1.82) is 0 Å². The maximum absolute atomic E-state index is 5.46. The minimum absolute atomic E-state index is 0.505. The Morgan fingerprint density at radius 3 is 2.41 bits per heavy atom. The third-order valence-corrected chi connectivity index (χ3v) is 5.52. The lowest BCUT2D eigenvalue weighted by Gasteiger charge is -2.40. The van der Waals surface area contributed by atoms with Gasteiger partial charge in [0.25, 0.3) is 0 Å². The molecular formula is C20H38N6O. The Morgan fingerprint density at radius 1 is 1.15 bits per heavy atom. The molecule has 0 saturated carbocycles. The number of piperazine rings is 1. The zero-order valence-electron chi connectivity index (χ0n) is 18.0. The van der Waals surface area contributed by atoms with Gasteiger partial charge in [-0.2, -0.15) is 0 Å². The Morgan fingerprint density at radius 2 is 1.85 bits per heavy atom. The molecular weight excluding hydrogens is 340 g/mol. The molecule has 1 aromatic heterocycles. The lowest BCUT2D eigenvalue weighted by molar-refractivity contribution is 0.0900. The van der Waals surface area contributed by atoms with Crippen molar-refractivity contribution in [3.63, 3.8) is 0 Å². The number of likely N-dealkylation sites (N-methyl/N-ethyl adjacent to an activating group) is 1. The average molecular weight is 379 g/mol. The second kappa shape index (κ2) is 10.7. The Hall–Kier alpha value is -1.60. The third kappa shape index (κ3) is 5.94. The first-order valence-electron chi connectivity index (χ1n) is 10.3. The quantitative estimate of drug-likeness (QED) is 0.530. The second-order valence-corrected chi connectivity index (χ2v) is 7.70. The van der Waals surface area contributed by atoms with Gasteiger partial charge in [0.2, 0.25) is 0 Å². The van der Waals surface area contributed by atoms with Gasteiger partial charge < -0.3 is 20.1 Å². The molecule has 1 atom stereocenters. The number of aliphatic imine (C=N–C) groups is 1. The number of nitrogens with one attached hydrogen (secondary N) is 2. The maximum Gasteiger partial charge on any atom is 0.191 e. The molecule has 154 valence electrons. The normalized spacial score (nSPS) is 18.1. The monoisotopic (exact) mass is 378 g/mol. The summed E-state index contributed by atoms with van der Waals surface area (Å²) in [5.74, 6) is 2.39. The van der Waals surface area contributed by atoms with Crippen molar-refractivity contribution in [2.75, 3.05) is 46.8 Å². The maximum atomic E-state index is 5.46. The first kappa shape index (κ1) is 21.7. The van der Waals surface area contributed by atoms with E-state index in [1.165, 1.54) is 5.56 Å². The van der Waals surface area contributed by atoms with Gasteiger partial charge >= 0.3 is 0 Å². The molecule has 1 aliphatic rings. The Kier molecular flexibility index (Phi) is 8.57. The van der Waals surface area contributed by atoms with Crippen LogP contribution in [0.3, 0.4) is 0 Å². The van der Waals surface area contributed by atoms with E-state index in [-0.39, 0.29) is 0 Å². The minimum Gasteiger partial charge on any atom is -0.361 e. The molecule has 1 aromatic rings. The van der Waals surface area contributed by atoms with Crippen LogP contribution in [0.4, 0.5) is 0 Å². The highest BCUT2D eigenvalue weighted by Crippen LogP contribution is 2.16. The topological polar surface area (TPSA) is 68.9 Å². The standard InChI is InChI=1S/C20H38N6O/c1-7-17-16(19(8-2)27-24-17)13-22-20(21-5)23-14-18(15(3)4)26-11-9-25(6)10-12-26/h15,18H,7-14H2,1-6H3,(H2,21,22,23). The Labute approximate surface area is 164 Å². The van der Waals surface area contributed by atoms with Crippen molar-refractivity contribution < 1.29 is 4.52 Å². The number of nitrogens with zero attached hydrogens (tertiary/aromatic N) is 4. The summed E-state index contributed by atoms with van der Waals surface area (Å²) in [6, 6.07) is 0.505. The van der Waals surface area contributed by atoms with Crippen molar-refractivity contribution >= 4 is 5.96 Å². The summed E-state index contributed by atoms with van der Waals surface area (Å²) < 4.78 is 5.46. The molecule has 0 aromatic carbocycles. The van der Waals surface area contributed by atoms with Gasteiger partial charge in [-0.05, 0) is 19.4 Å². The van der Waals surface area contributed by atoms with Crippen LogP contribution in [0.15, 0.2) is 9.52 Å². The third-order valence-electron chi connectivity index (χ3n) is 5.52. The van der Waals surface area contributed by atoms with E-state index >= 15 is 0 Å². The van der Waals surface area contributed by atoms with Crippen molar-refractivity contribution in [1.82, 2.24) is 25.6 Å². The van der Waals surface area contributed by atoms with Gasteiger partial charge in [0.05, 0.1) is 5.69 Å². The fourth-order valence-corrected chi connectivity index (χ4v) is 3.67. The van der Waals surface area contributed by atoms with Crippen LogP contribution in [0.2, 0.25) is 0 Å². The van der Waals surface area contributed by atoms with Crippen LogP contribution in [-0.2, 0) is 19.4 Å². The highest BCUT2D eigenvalue weighted by molar-refractivity contribution is 5.79. The summed E-state index contributed by atoms with van der Waals surface area (Å²) in [5.41, 5.74) is 2.20. The van der Waals surface area contributed by atoms with Crippen LogP contribution >= 0.6 is 0 Å². The lowest BCUT2D eigenvalue weighted by Crippen LogP contribution is -2.55. The summed E-state index contributed by atoms with van der Waals surface area (Å²) in [6.07, 6.45) is 1.74. The van der Waals surface area contributed by atoms with Crippen LogP contribution in [0.1, 0.15) is 44.7 Å². The van der Waals surface area contributed by atoms with Crippen LogP contribution in [0.5, 0.6) is 0 Å². The van der Waals surface area contributed by atoms with E-state index in [0.29, 0.717) is 18.5 Å². The first-order valence-corrected chi connectivity index (χ1v) is 10.3. The number of aromatic nitrogens is 1. The molecule has 2 heterocycles. The molecule has 27 heavy (non-hydrogen) atoms. The van der Waals surface area contributed by atoms with Crippen molar-refractivity contribution in [2.45, 2.75) is 53.1 Å². The molecule has 1 unspecified atom stereocenters. The molecule has 1 fully saturated rings. The molecule has 7 nitrogen and oxygen atoms in total. The summed E-state index contributed by atoms with van der Waals surface area (Å²) in [5, 5.41) is 11.2. The van der Waals surface area contributed by atoms with Gasteiger partial charge in [0.15, 0.2) is 5.96 Å². The van der Waals surface area contributed by atoms with Gasteiger partial charge in [-0.3, -0.25) is 9.89 Å². The molecule has 0 aliphatic carbocycles. The van der Waals surface area contributed by atoms with Gasteiger partial charge in [-0.15, -0.1) is 0 Å². The van der Waals surface area contributed by atoms with Crippen LogP contribution in [0.25, 0.3) is 0 Å². The first-order chi connectivity index (χ1) is 13.0. The van der Waals surface area contributed by atoms with Gasteiger partial charge in [-0.25, -0.2) is 0 Å². The molecule has 0 bridgehead atoms. The van der Waals surface area contributed by atoms with E-state index < -0.39 is 0 Å². The zero-order chi connectivity index (χ0) is 19.8. The number of hydrogen-bond acceptors (Lipinski definition) is 5. The number of guanidine groups is 1. The average Bonchev–Trinajstić information content (AvgIpc) is 3.07. The lowest BCUT2D eigenvalue weighted by atomic mass is 10.0. The predicted octanol–water partition coefficient (Wildman–Crippen LogP) is 1.74. The van der Waals surface area contributed by atoms with E-state index in [1.807, 2.05) is 7.05 Å². The summed E-state index contributed by atoms with van der Waals surface area (Å²) in [4.78, 5) is 9.41. The number of hydrogen-bond donors (Lipinski definition) is 2. The summed E-state index contributed by atoms with van der Waals surface area (Å²) in [7, 11) is 4.02. The zero-order valence-corrected chi connectivity index (χ0v) is 18.0. The van der Waals surface area contributed by atoms with Gasteiger partial charge in [0, 0.05) is 64.3 Å². The molecule has 1 aliphatic heterocycles. The number of aryl methyl sites for hydroxylation is 2. The smallest absolute Gasteiger partial charge is 0.191 e. The molecule has 2 rings (SSSR count). The second-order valence-electron chi connectivity index (χ2n) is 7.70. The number of rotatable bonds is 8. The highest BCUT2D eigenvalue weighted by atomic mass is 16.5. The van der Waals surface area contributed by atoms with Gasteiger partial charge in [-0.1, -0.05) is 32.9 Å². The molecule has 2 N–H and O–H groups in total. The SMILES string of the molecule is CCc1noc(CC)c1CNC(=NC)NCC(C(C)C)N1CCN(C)CC1. The van der Waals surface area contributed by atoms with E-state index in [1.54, 1.807) is 0 Å². The fraction of sp³-hybridized carbons (Fsp3) is 0.800. The van der Waals surface area contributed by atoms with E-state index in [2.05, 4.69) is 65.3 Å². The van der Waals surface area contributed by atoms with Crippen LogP contribution < -0.4 is 10.6 Å². The van der Waals surface area contributed by atoms with Crippen molar-refractivity contribution in [2.24, 2.45) is 10.9 Å². The Balaban J connectivity index is 1.91. The van der Waals surface area contributed by atoms with Gasteiger partial charge in [0.1, 0.15) is 5.76 Å².